The Morgan fingerprint density at radius 2 is 2.06 bits per heavy atom. The number of benzene rings is 1. The van der Waals surface area contributed by atoms with Gasteiger partial charge in [-0.15, -0.1) is 0 Å². The fourth-order valence-corrected chi connectivity index (χ4v) is 1.84. The molecule has 0 bridgehead atoms. The highest BCUT2D eigenvalue weighted by molar-refractivity contribution is 5.15. The zero-order chi connectivity index (χ0) is 12.1. The molecule has 1 aliphatic rings. The number of hydrogen-bond acceptors (Lipinski definition) is 4. The van der Waals surface area contributed by atoms with Gasteiger partial charge in [-0.25, -0.2) is 0 Å². The first-order valence-corrected chi connectivity index (χ1v) is 5.90. The summed E-state index contributed by atoms with van der Waals surface area (Å²) < 4.78 is 10.7. The maximum atomic E-state index is 9.78. The van der Waals surface area contributed by atoms with Crippen molar-refractivity contribution in [2.75, 3.05) is 13.2 Å². The average Bonchev–Trinajstić information content (AvgIpc) is 2.39. The molecule has 4 heteroatoms. The summed E-state index contributed by atoms with van der Waals surface area (Å²) in [4.78, 5) is 0. The van der Waals surface area contributed by atoms with Crippen LogP contribution < -0.4 is 0 Å². The van der Waals surface area contributed by atoms with Crippen molar-refractivity contribution in [1.82, 2.24) is 0 Å². The first-order chi connectivity index (χ1) is 8.25. The molecule has 0 radical (unpaired) electrons. The summed E-state index contributed by atoms with van der Waals surface area (Å²) in [5.74, 6) is 0. The molecular formula is C13H18O4. The Kier molecular flexibility index (Phi) is 4.50. The Morgan fingerprint density at radius 3 is 2.71 bits per heavy atom. The van der Waals surface area contributed by atoms with E-state index < -0.39 is 6.29 Å². The number of ether oxygens (including phenoxy) is 2. The van der Waals surface area contributed by atoms with Gasteiger partial charge in [-0.2, -0.15) is 0 Å². The third-order valence-electron chi connectivity index (χ3n) is 2.87. The van der Waals surface area contributed by atoms with Gasteiger partial charge in [0.1, 0.15) is 0 Å². The second kappa shape index (κ2) is 6.12. The van der Waals surface area contributed by atoms with Crippen LogP contribution in [0.2, 0.25) is 0 Å². The van der Waals surface area contributed by atoms with Gasteiger partial charge >= 0.3 is 0 Å². The number of hydrogen-bond donors (Lipinski definition) is 2. The Bertz CT molecular complexity index is 319. The van der Waals surface area contributed by atoms with Gasteiger partial charge in [0.2, 0.25) is 0 Å². The fraction of sp³-hybridized carbons (Fsp3) is 0.538. The predicted octanol–water partition coefficient (Wildman–Crippen LogP) is 1.23. The van der Waals surface area contributed by atoms with Gasteiger partial charge in [0.05, 0.1) is 25.4 Å². The summed E-state index contributed by atoms with van der Waals surface area (Å²) in [5, 5.41) is 19.0. The minimum Gasteiger partial charge on any atom is -0.391 e. The molecule has 1 aromatic rings. The SMILES string of the molecule is OC1CCC(COC(O)c2ccccc2)OC1. The van der Waals surface area contributed by atoms with Crippen LogP contribution in [0.25, 0.3) is 0 Å². The van der Waals surface area contributed by atoms with Crippen molar-refractivity contribution in [2.24, 2.45) is 0 Å². The van der Waals surface area contributed by atoms with Gasteiger partial charge in [0.15, 0.2) is 6.29 Å². The molecule has 0 spiro atoms. The van der Waals surface area contributed by atoms with E-state index in [9.17, 15) is 10.2 Å². The van der Waals surface area contributed by atoms with Crippen LogP contribution in [0.4, 0.5) is 0 Å². The normalized spacial score (nSPS) is 26.7. The van der Waals surface area contributed by atoms with Gasteiger partial charge < -0.3 is 19.7 Å². The second-order valence-corrected chi connectivity index (χ2v) is 4.28. The van der Waals surface area contributed by atoms with E-state index in [-0.39, 0.29) is 12.2 Å². The molecule has 2 rings (SSSR count). The number of rotatable bonds is 4. The van der Waals surface area contributed by atoms with Crippen molar-refractivity contribution in [3.05, 3.63) is 35.9 Å². The van der Waals surface area contributed by atoms with Crippen LogP contribution >= 0.6 is 0 Å². The molecule has 2 N–H and O–H groups in total. The minimum absolute atomic E-state index is 0.0308. The predicted molar refractivity (Wildman–Crippen MR) is 62.3 cm³/mol. The Labute approximate surface area is 101 Å². The van der Waals surface area contributed by atoms with Gasteiger partial charge in [-0.3, -0.25) is 0 Å². The van der Waals surface area contributed by atoms with E-state index in [4.69, 9.17) is 9.47 Å². The number of aliphatic hydroxyl groups excluding tert-OH is 2. The standard InChI is InChI=1S/C13H18O4/c14-11-6-7-12(16-8-11)9-17-13(15)10-4-2-1-3-5-10/h1-5,11-15H,6-9H2. The lowest BCUT2D eigenvalue weighted by Gasteiger charge is -2.26. The van der Waals surface area contributed by atoms with Crippen LogP contribution in [0.3, 0.4) is 0 Å². The molecule has 3 unspecified atom stereocenters. The summed E-state index contributed by atoms with van der Waals surface area (Å²) in [6.07, 6.45) is 0.201. The quantitative estimate of drug-likeness (QED) is 0.775. The lowest BCUT2D eigenvalue weighted by atomic mass is 10.1. The van der Waals surface area contributed by atoms with Crippen molar-refractivity contribution in [3.8, 4) is 0 Å². The second-order valence-electron chi connectivity index (χ2n) is 4.28. The highest BCUT2D eigenvalue weighted by Gasteiger charge is 2.21. The van der Waals surface area contributed by atoms with Crippen LogP contribution in [0, 0.1) is 0 Å². The Hall–Kier alpha value is -0.940. The maximum absolute atomic E-state index is 9.78. The van der Waals surface area contributed by atoms with Crippen LogP contribution in [0.5, 0.6) is 0 Å². The van der Waals surface area contributed by atoms with Crippen molar-refractivity contribution < 1.29 is 19.7 Å². The minimum atomic E-state index is -0.911. The van der Waals surface area contributed by atoms with Crippen LogP contribution in [-0.4, -0.2) is 35.6 Å². The topological polar surface area (TPSA) is 58.9 Å². The van der Waals surface area contributed by atoms with Gasteiger partial charge in [-0.1, -0.05) is 30.3 Å². The van der Waals surface area contributed by atoms with Crippen LogP contribution in [0.15, 0.2) is 30.3 Å². The van der Waals surface area contributed by atoms with E-state index >= 15 is 0 Å². The third-order valence-corrected chi connectivity index (χ3v) is 2.87. The van der Waals surface area contributed by atoms with E-state index in [1.165, 1.54) is 0 Å². The summed E-state index contributed by atoms with van der Waals surface area (Å²) >= 11 is 0. The summed E-state index contributed by atoms with van der Waals surface area (Å²) in [6, 6.07) is 9.24. The largest absolute Gasteiger partial charge is 0.391 e. The fourth-order valence-electron chi connectivity index (χ4n) is 1.84. The molecule has 1 aromatic carbocycles. The Morgan fingerprint density at radius 1 is 1.29 bits per heavy atom. The molecule has 0 aliphatic carbocycles. The van der Waals surface area contributed by atoms with E-state index in [2.05, 4.69) is 0 Å². The molecule has 17 heavy (non-hydrogen) atoms. The highest BCUT2D eigenvalue weighted by Crippen LogP contribution is 2.18. The van der Waals surface area contributed by atoms with Crippen molar-refractivity contribution in [1.29, 1.82) is 0 Å². The van der Waals surface area contributed by atoms with E-state index in [0.717, 1.165) is 18.4 Å². The molecular weight excluding hydrogens is 220 g/mol. The van der Waals surface area contributed by atoms with Crippen molar-refractivity contribution in [3.63, 3.8) is 0 Å². The van der Waals surface area contributed by atoms with Crippen molar-refractivity contribution in [2.45, 2.75) is 31.3 Å². The summed E-state index contributed by atoms with van der Waals surface area (Å²) in [5.41, 5.74) is 0.739. The zero-order valence-electron chi connectivity index (χ0n) is 9.66. The average molecular weight is 238 g/mol. The first-order valence-electron chi connectivity index (χ1n) is 5.90. The zero-order valence-corrected chi connectivity index (χ0v) is 9.66. The summed E-state index contributed by atoms with van der Waals surface area (Å²) in [6.45, 7) is 0.707. The van der Waals surface area contributed by atoms with Gasteiger partial charge in [0.25, 0.3) is 0 Å². The van der Waals surface area contributed by atoms with Gasteiger partial charge in [-0.05, 0) is 12.8 Å². The molecule has 1 saturated heterocycles. The maximum Gasteiger partial charge on any atom is 0.181 e. The Balaban J connectivity index is 1.75. The molecule has 0 saturated carbocycles. The molecule has 0 aromatic heterocycles. The van der Waals surface area contributed by atoms with Gasteiger partial charge in [0, 0.05) is 5.56 Å². The molecule has 3 atom stereocenters. The summed E-state index contributed by atoms with van der Waals surface area (Å²) in [7, 11) is 0. The highest BCUT2D eigenvalue weighted by atomic mass is 16.6. The molecule has 1 aliphatic heterocycles. The molecule has 1 fully saturated rings. The molecule has 94 valence electrons. The monoisotopic (exact) mass is 238 g/mol. The third kappa shape index (κ3) is 3.78. The first kappa shape index (κ1) is 12.5. The van der Waals surface area contributed by atoms with Crippen LogP contribution in [-0.2, 0) is 9.47 Å². The molecule has 1 heterocycles. The van der Waals surface area contributed by atoms with Crippen molar-refractivity contribution >= 4 is 0 Å². The van der Waals surface area contributed by atoms with Crippen LogP contribution in [0.1, 0.15) is 24.7 Å². The lowest BCUT2D eigenvalue weighted by Crippen LogP contribution is -2.32. The smallest absolute Gasteiger partial charge is 0.181 e. The molecule has 4 nitrogen and oxygen atoms in total. The number of aliphatic hydroxyl groups is 2. The van der Waals surface area contributed by atoms with E-state index in [1.807, 2.05) is 30.3 Å². The lowest BCUT2D eigenvalue weighted by molar-refractivity contribution is -0.151. The molecule has 0 amide bonds. The van der Waals surface area contributed by atoms with E-state index in [0.29, 0.717) is 13.2 Å². The van der Waals surface area contributed by atoms with E-state index in [1.54, 1.807) is 0 Å².